The first kappa shape index (κ1) is 34.8. The third-order valence-corrected chi connectivity index (χ3v) is 9.65. The predicted octanol–water partition coefficient (Wildman–Crippen LogP) is 12.6. The molecule has 0 amide bonds. The summed E-state index contributed by atoms with van der Waals surface area (Å²) in [6.45, 7) is 14.9. The first-order valence-electron chi connectivity index (χ1n) is 19.5. The van der Waals surface area contributed by atoms with E-state index < -0.39 is 12.7 Å². The SMILES string of the molecule is Cc1nccc2nc(-c3[c-]ccc4c3oc3ccccc34)n(-c3c(C(C)C)cccc3C(C)C)c12.[2H]C([2H])([2H])c1c[c-]c(-c2ccc(C(C)(C)C)cn2)c(F)c1.[Ir]. The molecule has 277 valence electrons. The first-order chi connectivity index (χ1) is 26.5. The van der Waals surface area contributed by atoms with E-state index in [1.807, 2.05) is 42.6 Å². The fourth-order valence-corrected chi connectivity index (χ4v) is 6.84. The van der Waals surface area contributed by atoms with Crippen molar-refractivity contribution in [3.8, 4) is 28.3 Å². The van der Waals surface area contributed by atoms with Crippen molar-refractivity contribution >= 4 is 33.0 Å². The van der Waals surface area contributed by atoms with Crippen LogP contribution in [-0.4, -0.2) is 19.5 Å². The largest absolute Gasteiger partial charge is 0.501 e. The summed E-state index contributed by atoms with van der Waals surface area (Å²) < 4.78 is 44.6. The summed E-state index contributed by atoms with van der Waals surface area (Å²) in [6.07, 6.45) is 3.54. The second-order valence-corrected chi connectivity index (χ2v) is 15.1. The van der Waals surface area contributed by atoms with E-state index in [1.54, 1.807) is 12.3 Å². The van der Waals surface area contributed by atoms with E-state index in [2.05, 4.69) is 112 Å². The van der Waals surface area contributed by atoms with Gasteiger partial charge in [-0.15, -0.1) is 42.0 Å². The van der Waals surface area contributed by atoms with Gasteiger partial charge in [-0.3, -0.25) is 14.4 Å². The van der Waals surface area contributed by atoms with Gasteiger partial charge in [-0.2, -0.15) is 0 Å². The van der Waals surface area contributed by atoms with Crippen LogP contribution >= 0.6 is 0 Å². The quantitative estimate of drug-likeness (QED) is 0.162. The van der Waals surface area contributed by atoms with Crippen LogP contribution in [0.2, 0.25) is 0 Å². The minimum absolute atomic E-state index is 0. The Labute approximate surface area is 335 Å². The summed E-state index contributed by atoms with van der Waals surface area (Å²) in [5.74, 6) is 0.893. The number of hydrogen-bond acceptors (Lipinski definition) is 4. The molecule has 0 saturated carbocycles. The number of nitrogens with zero attached hydrogens (tertiary/aromatic N) is 4. The number of rotatable bonds is 5. The van der Waals surface area contributed by atoms with E-state index >= 15 is 0 Å². The van der Waals surface area contributed by atoms with Crippen molar-refractivity contribution in [2.24, 2.45) is 0 Å². The van der Waals surface area contributed by atoms with Crippen molar-refractivity contribution in [2.45, 2.75) is 79.5 Å². The minimum atomic E-state index is -2.33. The zero-order valence-electron chi connectivity index (χ0n) is 34.8. The van der Waals surface area contributed by atoms with Crippen LogP contribution in [0.4, 0.5) is 4.39 Å². The average Bonchev–Trinajstić information content (AvgIpc) is 3.74. The molecular weight excluding hydrogens is 848 g/mol. The molecule has 0 spiro atoms. The monoisotopic (exact) mass is 896 g/mol. The van der Waals surface area contributed by atoms with E-state index in [9.17, 15) is 4.39 Å². The maximum absolute atomic E-state index is 14.1. The molecule has 0 N–H and O–H groups in total. The van der Waals surface area contributed by atoms with Crippen LogP contribution in [0.3, 0.4) is 0 Å². The Hall–Kier alpha value is -4.97. The standard InChI is InChI=1S/C31H28N3O.C16H17FN.Ir/c1-18(2)21-11-8-12-22(19(3)4)29(21)34-28-20(5)32-17-16-26(28)33-31(34)25-14-9-13-24-23-10-6-7-15-27(23)35-30(24)25;1-11-5-7-13(14(17)9-11)15-8-6-12(10-18-15)16(2,3)4;/h6-13,15-19H,1-5H3;5-6,8-10H,1-4H3;/q2*-1;/i;1D3;. The molecule has 4 aromatic heterocycles. The molecule has 4 heterocycles. The summed E-state index contributed by atoms with van der Waals surface area (Å²) >= 11 is 0. The van der Waals surface area contributed by atoms with Gasteiger partial charge in [-0.05, 0) is 58.7 Å². The molecule has 4 aromatic carbocycles. The number of hydrogen-bond donors (Lipinski definition) is 0. The van der Waals surface area contributed by atoms with Gasteiger partial charge in [-0.25, -0.2) is 0 Å². The Bertz CT molecular complexity index is 2680. The number of aromatic nitrogens is 4. The third kappa shape index (κ3) is 7.28. The zero-order valence-corrected chi connectivity index (χ0v) is 34.2. The van der Waals surface area contributed by atoms with Crippen LogP contribution < -0.4 is 0 Å². The Morgan fingerprint density at radius 3 is 2.24 bits per heavy atom. The molecule has 0 saturated heterocycles. The van der Waals surface area contributed by atoms with Crippen LogP contribution in [0, 0.1) is 31.7 Å². The number of furan rings is 1. The van der Waals surface area contributed by atoms with Crippen LogP contribution in [0.1, 0.15) is 92.4 Å². The summed E-state index contributed by atoms with van der Waals surface area (Å²) in [7, 11) is 0. The van der Waals surface area contributed by atoms with Crippen LogP contribution in [0.5, 0.6) is 0 Å². The van der Waals surface area contributed by atoms with E-state index in [4.69, 9.17) is 13.5 Å². The fourth-order valence-electron chi connectivity index (χ4n) is 6.84. The van der Waals surface area contributed by atoms with Crippen molar-refractivity contribution < 1.29 is 33.0 Å². The Morgan fingerprint density at radius 2 is 1.59 bits per heavy atom. The van der Waals surface area contributed by atoms with Crippen molar-refractivity contribution in [1.82, 2.24) is 19.5 Å². The Morgan fingerprint density at radius 1 is 0.852 bits per heavy atom. The maximum Gasteiger partial charge on any atom is 0.120 e. The second-order valence-electron chi connectivity index (χ2n) is 15.1. The van der Waals surface area contributed by atoms with Crippen molar-refractivity contribution in [3.63, 3.8) is 0 Å². The number of aryl methyl sites for hydroxylation is 2. The average molecular weight is 896 g/mol. The van der Waals surface area contributed by atoms with Gasteiger partial charge >= 0.3 is 0 Å². The minimum Gasteiger partial charge on any atom is -0.501 e. The summed E-state index contributed by atoms with van der Waals surface area (Å²) in [6, 6.07) is 33.0. The summed E-state index contributed by atoms with van der Waals surface area (Å²) in [5, 5.41) is 2.17. The normalized spacial score (nSPS) is 12.8. The van der Waals surface area contributed by atoms with Gasteiger partial charge in [-0.1, -0.05) is 120 Å². The van der Waals surface area contributed by atoms with E-state index in [1.165, 1.54) is 22.9 Å². The number of imidazole rings is 1. The van der Waals surface area contributed by atoms with Crippen LogP contribution in [-0.2, 0) is 25.5 Å². The summed E-state index contributed by atoms with van der Waals surface area (Å²) in [4.78, 5) is 14.1. The van der Waals surface area contributed by atoms with Crippen molar-refractivity contribution in [1.29, 1.82) is 0 Å². The number of pyridine rings is 2. The Balaban J connectivity index is 0.000000215. The molecule has 5 nitrogen and oxygen atoms in total. The molecule has 1 radical (unpaired) electrons. The fraction of sp³-hybridized carbons (Fsp3) is 0.255. The topological polar surface area (TPSA) is 56.7 Å². The smallest absolute Gasteiger partial charge is 0.120 e. The maximum atomic E-state index is 14.1. The molecule has 0 bridgehead atoms. The molecule has 8 aromatic rings. The van der Waals surface area contributed by atoms with E-state index in [0.29, 0.717) is 17.5 Å². The number of fused-ring (bicyclic) bond motifs is 4. The van der Waals surface area contributed by atoms with Crippen LogP contribution in [0.15, 0.2) is 102 Å². The second kappa shape index (κ2) is 15.4. The third-order valence-electron chi connectivity index (χ3n) is 9.65. The van der Waals surface area contributed by atoms with Crippen molar-refractivity contribution in [2.75, 3.05) is 0 Å². The molecule has 0 unspecified atom stereocenters. The molecule has 0 aliphatic carbocycles. The first-order valence-corrected chi connectivity index (χ1v) is 18.0. The predicted molar refractivity (Wildman–Crippen MR) is 215 cm³/mol. The van der Waals surface area contributed by atoms with Gasteiger partial charge in [0.15, 0.2) is 0 Å². The Kier molecular flexibility index (Phi) is 9.92. The van der Waals surface area contributed by atoms with Gasteiger partial charge in [0.1, 0.15) is 5.58 Å². The molecule has 0 aliphatic rings. The van der Waals surface area contributed by atoms with Crippen LogP contribution in [0.25, 0.3) is 61.3 Å². The number of halogens is 1. The van der Waals surface area contributed by atoms with E-state index in [0.717, 1.165) is 61.7 Å². The zero-order chi connectivity index (χ0) is 40.1. The van der Waals surface area contributed by atoms with Gasteiger partial charge in [0.25, 0.3) is 0 Å². The molecule has 7 heteroatoms. The number of benzene rings is 4. The van der Waals surface area contributed by atoms with Gasteiger partial charge in [0.05, 0.1) is 28.1 Å². The summed E-state index contributed by atoms with van der Waals surface area (Å²) in [5.41, 5.74) is 10.8. The van der Waals surface area contributed by atoms with Crippen molar-refractivity contribution in [3.05, 3.63) is 143 Å². The number of para-hydroxylation sites is 2. The van der Waals surface area contributed by atoms with Gasteiger partial charge < -0.3 is 14.0 Å². The molecule has 0 atom stereocenters. The molecule has 0 aliphatic heterocycles. The molecule has 8 rings (SSSR count). The van der Waals surface area contributed by atoms with Gasteiger partial charge in [0, 0.05) is 53.5 Å². The molecule has 54 heavy (non-hydrogen) atoms. The molecular formula is C47H45FIrN4O-2. The van der Waals surface area contributed by atoms with E-state index in [-0.39, 0.29) is 36.6 Å². The molecule has 0 fully saturated rings. The van der Waals surface area contributed by atoms with Gasteiger partial charge in [0.2, 0.25) is 0 Å².